The van der Waals surface area contributed by atoms with Crippen LogP contribution >= 0.6 is 0 Å². The van der Waals surface area contributed by atoms with Gasteiger partial charge in [0.25, 0.3) is 0 Å². The van der Waals surface area contributed by atoms with Crippen molar-refractivity contribution >= 4 is 11.8 Å². The van der Waals surface area contributed by atoms with E-state index < -0.39 is 0 Å². The van der Waals surface area contributed by atoms with Crippen molar-refractivity contribution in [2.24, 2.45) is 0 Å². The van der Waals surface area contributed by atoms with Crippen LogP contribution in [0.5, 0.6) is 11.5 Å². The third kappa shape index (κ3) is 5.77. The molecule has 3 heterocycles. The van der Waals surface area contributed by atoms with Crippen LogP contribution in [0.15, 0.2) is 24.4 Å². The van der Waals surface area contributed by atoms with E-state index in [1.165, 1.54) is 25.9 Å². The molecule has 2 aliphatic rings. The molecule has 8 nitrogen and oxygen atoms in total. The zero-order valence-corrected chi connectivity index (χ0v) is 18.3. The highest BCUT2D eigenvalue weighted by Gasteiger charge is 2.18. The second-order valence-corrected chi connectivity index (χ2v) is 8.14. The highest BCUT2D eigenvalue weighted by Crippen LogP contribution is 2.35. The molecule has 1 aromatic heterocycles. The highest BCUT2D eigenvalue weighted by atomic mass is 16.5. The second-order valence-electron chi connectivity index (χ2n) is 8.14. The van der Waals surface area contributed by atoms with Crippen LogP contribution in [-0.2, 0) is 4.74 Å². The monoisotopic (exact) mass is 427 g/mol. The lowest BCUT2D eigenvalue weighted by atomic mass is 10.1. The van der Waals surface area contributed by atoms with Gasteiger partial charge in [0.1, 0.15) is 5.82 Å². The molecule has 2 aromatic rings. The van der Waals surface area contributed by atoms with Crippen LogP contribution in [0.4, 0.5) is 11.8 Å². The van der Waals surface area contributed by atoms with Gasteiger partial charge in [-0.15, -0.1) is 0 Å². The highest BCUT2D eigenvalue weighted by molar-refractivity contribution is 5.77. The normalized spacial score (nSPS) is 17.6. The van der Waals surface area contributed by atoms with Gasteiger partial charge in [-0.25, -0.2) is 4.98 Å². The Hall–Kier alpha value is -2.58. The molecule has 168 valence electrons. The Morgan fingerprint density at radius 1 is 1.19 bits per heavy atom. The maximum atomic E-state index is 6.11. The van der Waals surface area contributed by atoms with E-state index in [4.69, 9.17) is 19.9 Å². The molecule has 8 heteroatoms. The fraction of sp³-hybridized carbons (Fsp3) is 0.565. The quantitative estimate of drug-likeness (QED) is 0.589. The summed E-state index contributed by atoms with van der Waals surface area (Å²) >= 11 is 0. The van der Waals surface area contributed by atoms with Gasteiger partial charge in [0.15, 0.2) is 11.5 Å². The number of likely N-dealkylation sites (tertiary alicyclic amines) is 1. The van der Waals surface area contributed by atoms with Crippen molar-refractivity contribution in [2.45, 2.75) is 38.1 Å². The minimum absolute atomic E-state index is 0.255. The number of nitrogen functional groups attached to an aromatic ring is 1. The van der Waals surface area contributed by atoms with E-state index >= 15 is 0 Å². The number of benzene rings is 1. The van der Waals surface area contributed by atoms with Gasteiger partial charge in [-0.1, -0.05) is 6.07 Å². The number of anilines is 2. The van der Waals surface area contributed by atoms with Crippen LogP contribution in [0.1, 0.15) is 32.1 Å². The fourth-order valence-electron chi connectivity index (χ4n) is 4.19. The van der Waals surface area contributed by atoms with Gasteiger partial charge in [-0.2, -0.15) is 4.98 Å². The predicted octanol–water partition coefficient (Wildman–Crippen LogP) is 3.19. The number of methoxy groups -OCH3 is 1. The van der Waals surface area contributed by atoms with Crippen LogP contribution in [0, 0.1) is 0 Å². The van der Waals surface area contributed by atoms with Gasteiger partial charge in [-0.05, 0) is 62.9 Å². The molecule has 0 amide bonds. The summed E-state index contributed by atoms with van der Waals surface area (Å²) in [6, 6.07) is 6.24. The van der Waals surface area contributed by atoms with Crippen molar-refractivity contribution in [1.82, 2.24) is 14.9 Å². The molecule has 0 unspecified atom stereocenters. The summed E-state index contributed by atoms with van der Waals surface area (Å²) in [5.74, 6) is 2.45. The molecule has 0 atom stereocenters. The first kappa shape index (κ1) is 21.6. The zero-order valence-electron chi connectivity index (χ0n) is 18.3. The van der Waals surface area contributed by atoms with Gasteiger partial charge < -0.3 is 30.2 Å². The van der Waals surface area contributed by atoms with Gasteiger partial charge in [0.05, 0.1) is 13.7 Å². The summed E-state index contributed by atoms with van der Waals surface area (Å²) in [5.41, 5.74) is 7.74. The van der Waals surface area contributed by atoms with Crippen LogP contribution in [0.3, 0.4) is 0 Å². The lowest BCUT2D eigenvalue weighted by Gasteiger charge is -2.25. The fourth-order valence-corrected chi connectivity index (χ4v) is 4.19. The minimum atomic E-state index is 0.255. The molecule has 4 rings (SSSR count). The maximum absolute atomic E-state index is 6.11. The van der Waals surface area contributed by atoms with Crippen molar-refractivity contribution in [3.8, 4) is 22.6 Å². The van der Waals surface area contributed by atoms with Crippen LogP contribution in [-0.4, -0.2) is 67.5 Å². The first-order valence-electron chi connectivity index (χ1n) is 11.2. The standard InChI is InChI=1S/C23H33N5O3/c1-29-20-6-5-17(15-21(20)31-12-4-11-28-9-2-3-10-28)19-16-25-23(24)27-22(19)26-18-7-13-30-14-8-18/h5-6,15-16,18H,2-4,7-14H2,1H3,(H3,24,25,26,27). The molecule has 31 heavy (non-hydrogen) atoms. The molecule has 2 saturated heterocycles. The topological polar surface area (TPSA) is 94.8 Å². The van der Waals surface area contributed by atoms with Gasteiger partial charge >= 0.3 is 0 Å². The van der Waals surface area contributed by atoms with E-state index in [-0.39, 0.29) is 5.95 Å². The van der Waals surface area contributed by atoms with E-state index in [1.54, 1.807) is 13.3 Å². The number of aromatic nitrogens is 2. The predicted molar refractivity (Wildman–Crippen MR) is 122 cm³/mol. The number of nitrogens with two attached hydrogens (primary N) is 1. The Kier molecular flexibility index (Phi) is 7.43. The SMILES string of the molecule is COc1ccc(-c2cnc(N)nc2NC2CCOCC2)cc1OCCCN1CCCC1. The van der Waals surface area contributed by atoms with Crippen molar-refractivity contribution in [1.29, 1.82) is 0 Å². The minimum Gasteiger partial charge on any atom is -0.493 e. The molecule has 0 bridgehead atoms. The third-order valence-electron chi connectivity index (χ3n) is 5.92. The zero-order chi connectivity index (χ0) is 21.5. The van der Waals surface area contributed by atoms with E-state index in [2.05, 4.69) is 20.2 Å². The van der Waals surface area contributed by atoms with Gasteiger partial charge in [0, 0.05) is 37.6 Å². The Morgan fingerprint density at radius 2 is 2.00 bits per heavy atom. The molecular weight excluding hydrogens is 394 g/mol. The molecule has 2 aliphatic heterocycles. The summed E-state index contributed by atoms with van der Waals surface area (Å²) in [6.45, 7) is 5.66. The van der Waals surface area contributed by atoms with Crippen LogP contribution in [0.25, 0.3) is 11.1 Å². The molecule has 0 saturated carbocycles. The Labute approximate surface area is 184 Å². The van der Waals surface area contributed by atoms with E-state index in [1.807, 2.05) is 18.2 Å². The van der Waals surface area contributed by atoms with Crippen LogP contribution < -0.4 is 20.5 Å². The maximum Gasteiger partial charge on any atom is 0.221 e. The summed E-state index contributed by atoms with van der Waals surface area (Å²) in [6.07, 6.45) is 7.27. The lowest BCUT2D eigenvalue weighted by molar-refractivity contribution is 0.0904. The average molecular weight is 428 g/mol. The number of hydrogen-bond acceptors (Lipinski definition) is 8. The Balaban J connectivity index is 1.48. The smallest absolute Gasteiger partial charge is 0.221 e. The summed E-state index contributed by atoms with van der Waals surface area (Å²) in [7, 11) is 1.66. The number of rotatable bonds is 9. The first-order chi connectivity index (χ1) is 15.2. The molecule has 1 aromatic carbocycles. The van der Waals surface area contributed by atoms with Crippen molar-refractivity contribution in [2.75, 3.05) is 57.6 Å². The largest absolute Gasteiger partial charge is 0.493 e. The van der Waals surface area contributed by atoms with E-state index in [0.29, 0.717) is 12.6 Å². The summed E-state index contributed by atoms with van der Waals surface area (Å²) in [4.78, 5) is 11.2. The first-order valence-corrected chi connectivity index (χ1v) is 11.2. The van der Waals surface area contributed by atoms with E-state index in [0.717, 1.165) is 67.5 Å². The lowest BCUT2D eigenvalue weighted by Crippen LogP contribution is -2.28. The number of nitrogens with one attached hydrogen (secondary N) is 1. The number of hydrogen-bond donors (Lipinski definition) is 2. The van der Waals surface area contributed by atoms with Crippen molar-refractivity contribution in [3.63, 3.8) is 0 Å². The molecule has 3 N–H and O–H groups in total. The van der Waals surface area contributed by atoms with Crippen molar-refractivity contribution in [3.05, 3.63) is 24.4 Å². The van der Waals surface area contributed by atoms with Crippen molar-refractivity contribution < 1.29 is 14.2 Å². The molecular formula is C23H33N5O3. The Morgan fingerprint density at radius 3 is 2.77 bits per heavy atom. The Bertz CT molecular complexity index is 851. The molecule has 0 aliphatic carbocycles. The third-order valence-corrected chi connectivity index (χ3v) is 5.92. The summed E-state index contributed by atoms with van der Waals surface area (Å²) < 4.78 is 17.1. The average Bonchev–Trinajstić information content (AvgIpc) is 3.31. The summed E-state index contributed by atoms with van der Waals surface area (Å²) in [5, 5.41) is 3.53. The van der Waals surface area contributed by atoms with Gasteiger partial charge in [-0.3, -0.25) is 0 Å². The molecule has 0 radical (unpaired) electrons. The van der Waals surface area contributed by atoms with Gasteiger partial charge in [0.2, 0.25) is 5.95 Å². The second kappa shape index (κ2) is 10.6. The molecule has 0 spiro atoms. The number of ether oxygens (including phenoxy) is 3. The van der Waals surface area contributed by atoms with Crippen LogP contribution in [0.2, 0.25) is 0 Å². The van der Waals surface area contributed by atoms with E-state index in [9.17, 15) is 0 Å². The number of nitrogens with zero attached hydrogens (tertiary/aromatic N) is 3. The molecule has 2 fully saturated rings.